The van der Waals surface area contributed by atoms with E-state index in [1.54, 1.807) is 0 Å². The fraction of sp³-hybridized carbons (Fsp3) is 0.800. The van der Waals surface area contributed by atoms with Gasteiger partial charge in [0.05, 0.1) is 0 Å². The fourth-order valence-electron chi connectivity index (χ4n) is 1.95. The van der Waals surface area contributed by atoms with E-state index in [9.17, 15) is 0 Å². The Morgan fingerprint density at radius 3 is 2.64 bits per heavy atom. The summed E-state index contributed by atoms with van der Waals surface area (Å²) in [5, 5.41) is 0. The summed E-state index contributed by atoms with van der Waals surface area (Å²) in [6.07, 6.45) is 9.41. The molecule has 0 amide bonds. The molecule has 0 aromatic heterocycles. The van der Waals surface area contributed by atoms with Crippen LogP contribution < -0.4 is 0 Å². The highest BCUT2D eigenvalue weighted by Crippen LogP contribution is 2.38. The van der Waals surface area contributed by atoms with E-state index < -0.39 is 0 Å². The van der Waals surface area contributed by atoms with Crippen molar-refractivity contribution in [1.82, 2.24) is 4.90 Å². The summed E-state index contributed by atoms with van der Waals surface area (Å²) >= 11 is 0. The van der Waals surface area contributed by atoms with Crippen molar-refractivity contribution in [2.45, 2.75) is 19.3 Å². The standard InChI is InChI=1S/C10H15N/c1-2-9-7-10(9)8-11-5-3-4-6-11/h1,9-10H,3-8H2/t9-,10+/m0/s1. The van der Waals surface area contributed by atoms with Gasteiger partial charge in [-0.3, -0.25) is 0 Å². The zero-order valence-corrected chi connectivity index (χ0v) is 6.92. The van der Waals surface area contributed by atoms with E-state index in [-0.39, 0.29) is 0 Å². The van der Waals surface area contributed by atoms with Crippen LogP contribution in [0.2, 0.25) is 0 Å². The molecule has 0 radical (unpaired) electrons. The zero-order chi connectivity index (χ0) is 7.68. The van der Waals surface area contributed by atoms with Gasteiger partial charge in [0, 0.05) is 12.5 Å². The van der Waals surface area contributed by atoms with Crippen LogP contribution in [0.5, 0.6) is 0 Å². The molecule has 0 spiro atoms. The lowest BCUT2D eigenvalue weighted by atomic mass is 10.3. The second kappa shape index (κ2) is 2.87. The number of nitrogens with zero attached hydrogens (tertiary/aromatic N) is 1. The van der Waals surface area contributed by atoms with Gasteiger partial charge in [0.1, 0.15) is 0 Å². The molecule has 0 aromatic rings. The molecule has 1 heterocycles. The fourth-order valence-corrected chi connectivity index (χ4v) is 1.95. The van der Waals surface area contributed by atoms with Crippen molar-refractivity contribution in [1.29, 1.82) is 0 Å². The number of terminal acetylenes is 1. The average Bonchev–Trinajstić information content (AvgIpc) is 2.54. The van der Waals surface area contributed by atoms with E-state index in [4.69, 9.17) is 6.42 Å². The molecule has 2 fully saturated rings. The Morgan fingerprint density at radius 1 is 1.36 bits per heavy atom. The molecule has 2 aliphatic rings. The van der Waals surface area contributed by atoms with Gasteiger partial charge in [0.2, 0.25) is 0 Å². The first-order chi connectivity index (χ1) is 5.40. The van der Waals surface area contributed by atoms with Gasteiger partial charge in [-0.2, -0.15) is 0 Å². The molecule has 2 atom stereocenters. The van der Waals surface area contributed by atoms with Gasteiger partial charge in [-0.1, -0.05) is 0 Å². The number of hydrogen-bond acceptors (Lipinski definition) is 1. The van der Waals surface area contributed by atoms with Crippen LogP contribution in [0.25, 0.3) is 0 Å². The Morgan fingerprint density at radius 2 is 2.09 bits per heavy atom. The van der Waals surface area contributed by atoms with Gasteiger partial charge < -0.3 is 4.90 Å². The summed E-state index contributed by atoms with van der Waals surface area (Å²) in [4.78, 5) is 2.56. The van der Waals surface area contributed by atoms with Crippen molar-refractivity contribution in [3.63, 3.8) is 0 Å². The lowest BCUT2D eigenvalue weighted by Crippen LogP contribution is -2.22. The molecule has 0 unspecified atom stereocenters. The first kappa shape index (κ1) is 7.18. The summed E-state index contributed by atoms with van der Waals surface area (Å²) in [6, 6.07) is 0. The monoisotopic (exact) mass is 149 g/mol. The van der Waals surface area contributed by atoms with Gasteiger partial charge in [0.15, 0.2) is 0 Å². The SMILES string of the molecule is C#C[C@H]1C[C@@H]1CN1CCCC1. The van der Waals surface area contributed by atoms with Gasteiger partial charge in [-0.15, -0.1) is 12.3 Å². The Balaban J connectivity index is 1.71. The maximum absolute atomic E-state index is 5.33. The molecule has 1 aliphatic carbocycles. The van der Waals surface area contributed by atoms with Crippen LogP contribution in [0, 0.1) is 24.2 Å². The van der Waals surface area contributed by atoms with Gasteiger partial charge >= 0.3 is 0 Å². The Kier molecular flexibility index (Phi) is 1.87. The molecule has 60 valence electrons. The summed E-state index contributed by atoms with van der Waals surface area (Å²) in [5.74, 6) is 4.30. The maximum atomic E-state index is 5.33. The van der Waals surface area contributed by atoms with Gasteiger partial charge in [0.25, 0.3) is 0 Å². The lowest BCUT2D eigenvalue weighted by molar-refractivity contribution is 0.321. The van der Waals surface area contributed by atoms with E-state index in [2.05, 4.69) is 10.8 Å². The molecule has 1 saturated heterocycles. The summed E-state index contributed by atoms with van der Waals surface area (Å²) in [6.45, 7) is 3.90. The van der Waals surface area contributed by atoms with E-state index in [1.165, 1.54) is 38.9 Å². The Hall–Kier alpha value is -0.480. The predicted octanol–water partition coefficient (Wildman–Crippen LogP) is 1.35. The van der Waals surface area contributed by atoms with Crippen molar-refractivity contribution in [2.75, 3.05) is 19.6 Å². The molecule has 1 nitrogen and oxygen atoms in total. The normalized spacial score (nSPS) is 37.0. The third kappa shape index (κ3) is 1.57. The largest absolute Gasteiger partial charge is 0.303 e. The minimum Gasteiger partial charge on any atom is -0.303 e. The highest BCUT2D eigenvalue weighted by atomic mass is 15.1. The second-order valence-electron chi connectivity index (χ2n) is 3.78. The molecule has 1 aliphatic heterocycles. The number of hydrogen-bond donors (Lipinski definition) is 0. The second-order valence-corrected chi connectivity index (χ2v) is 3.78. The zero-order valence-electron chi connectivity index (χ0n) is 6.92. The van der Waals surface area contributed by atoms with Crippen LogP contribution in [0.15, 0.2) is 0 Å². The van der Waals surface area contributed by atoms with E-state index >= 15 is 0 Å². The third-order valence-corrected chi connectivity index (χ3v) is 2.83. The highest BCUT2D eigenvalue weighted by molar-refractivity contribution is 5.07. The van der Waals surface area contributed by atoms with Crippen LogP contribution in [0.1, 0.15) is 19.3 Å². The molecule has 1 saturated carbocycles. The molecule has 0 aromatic carbocycles. The van der Waals surface area contributed by atoms with Crippen molar-refractivity contribution < 1.29 is 0 Å². The quantitative estimate of drug-likeness (QED) is 0.536. The van der Waals surface area contributed by atoms with Crippen LogP contribution in [0.3, 0.4) is 0 Å². The first-order valence-corrected chi connectivity index (χ1v) is 4.58. The van der Waals surface area contributed by atoms with Crippen LogP contribution in [0.4, 0.5) is 0 Å². The minimum atomic E-state index is 0.621. The lowest BCUT2D eigenvalue weighted by Gasteiger charge is -2.12. The summed E-state index contributed by atoms with van der Waals surface area (Å²) < 4.78 is 0. The molecule has 0 N–H and O–H groups in total. The van der Waals surface area contributed by atoms with Crippen LogP contribution in [-0.2, 0) is 0 Å². The van der Waals surface area contributed by atoms with Gasteiger partial charge in [-0.25, -0.2) is 0 Å². The molecular weight excluding hydrogens is 134 g/mol. The van der Waals surface area contributed by atoms with Crippen molar-refractivity contribution in [3.8, 4) is 12.3 Å². The van der Waals surface area contributed by atoms with E-state index in [1.807, 2.05) is 0 Å². The van der Waals surface area contributed by atoms with Gasteiger partial charge in [-0.05, 0) is 38.3 Å². The van der Waals surface area contributed by atoms with E-state index in [0.717, 1.165) is 5.92 Å². The maximum Gasteiger partial charge on any atom is 0.0244 e. The van der Waals surface area contributed by atoms with Crippen LogP contribution in [-0.4, -0.2) is 24.5 Å². The Labute approximate surface area is 68.8 Å². The molecular formula is C10H15N. The number of likely N-dealkylation sites (tertiary alicyclic amines) is 1. The highest BCUT2D eigenvalue weighted by Gasteiger charge is 2.36. The number of rotatable bonds is 2. The summed E-state index contributed by atoms with van der Waals surface area (Å²) in [5.41, 5.74) is 0. The third-order valence-electron chi connectivity index (χ3n) is 2.83. The topological polar surface area (TPSA) is 3.24 Å². The summed E-state index contributed by atoms with van der Waals surface area (Å²) in [7, 11) is 0. The minimum absolute atomic E-state index is 0.621. The smallest absolute Gasteiger partial charge is 0.0244 e. The van der Waals surface area contributed by atoms with Crippen LogP contribution >= 0.6 is 0 Å². The molecule has 11 heavy (non-hydrogen) atoms. The van der Waals surface area contributed by atoms with Crippen molar-refractivity contribution in [2.24, 2.45) is 11.8 Å². The van der Waals surface area contributed by atoms with E-state index in [0.29, 0.717) is 5.92 Å². The Bertz CT molecular complexity index is 174. The molecule has 2 rings (SSSR count). The molecule has 0 bridgehead atoms. The van der Waals surface area contributed by atoms with Crippen molar-refractivity contribution >= 4 is 0 Å². The average molecular weight is 149 g/mol. The first-order valence-electron chi connectivity index (χ1n) is 4.58. The molecule has 1 heteroatoms. The van der Waals surface area contributed by atoms with Crippen molar-refractivity contribution in [3.05, 3.63) is 0 Å². The predicted molar refractivity (Wildman–Crippen MR) is 46.1 cm³/mol.